The van der Waals surface area contributed by atoms with Gasteiger partial charge in [0.2, 0.25) is 5.91 Å². The summed E-state index contributed by atoms with van der Waals surface area (Å²) in [7, 11) is 0. The lowest BCUT2D eigenvalue weighted by Gasteiger charge is -2.14. The molecule has 0 aliphatic heterocycles. The van der Waals surface area contributed by atoms with Crippen molar-refractivity contribution in [2.24, 2.45) is 0 Å². The van der Waals surface area contributed by atoms with E-state index in [4.69, 9.17) is 5.26 Å². The molecule has 2 aromatic heterocycles. The monoisotopic (exact) mass is 430 g/mol. The zero-order valence-electron chi connectivity index (χ0n) is 16.4. The molecule has 0 saturated carbocycles. The Labute approximate surface area is 181 Å². The highest BCUT2D eigenvalue weighted by Gasteiger charge is 2.15. The number of hydrogen-bond donors (Lipinski definition) is 1. The van der Waals surface area contributed by atoms with Gasteiger partial charge in [-0.15, -0.1) is 11.3 Å². The molecule has 0 aliphatic rings. The van der Waals surface area contributed by atoms with Crippen molar-refractivity contribution in [2.75, 3.05) is 5.32 Å². The standard InChI is InChI=1S/C23H18N4O3S/c24-14-16-5-3-6-17(13-16)25-21(28)15-27-20-9-2-1-8-19(20)22(29)26(23(27)30)11-10-18-7-4-12-31-18/h1-9,12-13H,10-11,15H2,(H,25,28). The number of thiophene rings is 1. The Bertz CT molecular complexity index is 1410. The quantitative estimate of drug-likeness (QED) is 0.509. The Hall–Kier alpha value is -3.96. The van der Waals surface area contributed by atoms with Crippen LogP contribution in [0.25, 0.3) is 10.9 Å². The molecule has 2 aromatic carbocycles. The van der Waals surface area contributed by atoms with Crippen LogP contribution in [0.4, 0.5) is 5.69 Å². The second kappa shape index (κ2) is 8.81. The zero-order chi connectivity index (χ0) is 21.8. The van der Waals surface area contributed by atoms with Gasteiger partial charge in [-0.05, 0) is 48.2 Å². The molecule has 2 heterocycles. The topological polar surface area (TPSA) is 96.9 Å². The second-order valence-corrected chi connectivity index (χ2v) is 7.95. The number of anilines is 1. The van der Waals surface area contributed by atoms with Crippen LogP contribution in [0.5, 0.6) is 0 Å². The van der Waals surface area contributed by atoms with E-state index in [0.717, 1.165) is 4.88 Å². The van der Waals surface area contributed by atoms with Gasteiger partial charge >= 0.3 is 5.69 Å². The van der Waals surface area contributed by atoms with Crippen LogP contribution in [0.1, 0.15) is 10.4 Å². The molecule has 8 heteroatoms. The molecule has 1 amide bonds. The number of fused-ring (bicyclic) bond motifs is 1. The largest absolute Gasteiger partial charge is 0.331 e. The van der Waals surface area contributed by atoms with E-state index in [2.05, 4.69) is 5.32 Å². The Balaban J connectivity index is 1.69. The number of nitrogens with zero attached hydrogens (tertiary/aromatic N) is 3. The van der Waals surface area contributed by atoms with Gasteiger partial charge in [0.1, 0.15) is 6.54 Å². The summed E-state index contributed by atoms with van der Waals surface area (Å²) in [6.07, 6.45) is 0.554. The van der Waals surface area contributed by atoms with Crippen molar-refractivity contribution in [3.05, 3.63) is 97.3 Å². The number of aromatic nitrogens is 2. The molecule has 31 heavy (non-hydrogen) atoms. The number of carbonyl (C=O) groups excluding carboxylic acids is 1. The predicted octanol–water partition coefficient (Wildman–Crippen LogP) is 2.98. The van der Waals surface area contributed by atoms with Gasteiger partial charge in [-0.1, -0.05) is 24.3 Å². The minimum absolute atomic E-state index is 0.231. The summed E-state index contributed by atoms with van der Waals surface area (Å²) in [5.74, 6) is -0.425. The molecule has 0 unspecified atom stereocenters. The van der Waals surface area contributed by atoms with E-state index >= 15 is 0 Å². The van der Waals surface area contributed by atoms with Crippen LogP contribution in [0.2, 0.25) is 0 Å². The van der Waals surface area contributed by atoms with Crippen molar-refractivity contribution in [2.45, 2.75) is 19.5 Å². The first-order chi connectivity index (χ1) is 15.1. The Kier molecular flexibility index (Phi) is 5.78. The number of amides is 1. The molecular weight excluding hydrogens is 412 g/mol. The maximum atomic E-state index is 13.2. The van der Waals surface area contributed by atoms with Crippen molar-refractivity contribution in [3.63, 3.8) is 0 Å². The molecular formula is C23H18N4O3S. The van der Waals surface area contributed by atoms with E-state index in [-0.39, 0.29) is 18.6 Å². The van der Waals surface area contributed by atoms with Crippen LogP contribution in [-0.2, 0) is 24.3 Å². The number of para-hydroxylation sites is 1. The Morgan fingerprint density at radius 2 is 1.87 bits per heavy atom. The van der Waals surface area contributed by atoms with Gasteiger partial charge < -0.3 is 5.32 Å². The van der Waals surface area contributed by atoms with Gasteiger partial charge in [0.05, 0.1) is 22.5 Å². The Morgan fingerprint density at radius 3 is 2.65 bits per heavy atom. The van der Waals surface area contributed by atoms with Crippen LogP contribution in [-0.4, -0.2) is 15.0 Å². The summed E-state index contributed by atoms with van der Waals surface area (Å²) in [4.78, 5) is 39.8. The average molecular weight is 430 g/mol. The Morgan fingerprint density at radius 1 is 1.03 bits per heavy atom. The maximum absolute atomic E-state index is 13.2. The summed E-state index contributed by atoms with van der Waals surface area (Å²) in [6, 6.07) is 19.2. The molecule has 7 nitrogen and oxygen atoms in total. The fourth-order valence-corrected chi connectivity index (χ4v) is 4.11. The minimum Gasteiger partial charge on any atom is -0.324 e. The van der Waals surface area contributed by atoms with Gasteiger partial charge in [0.15, 0.2) is 0 Å². The summed E-state index contributed by atoms with van der Waals surface area (Å²) in [6.45, 7) is -0.0236. The highest BCUT2D eigenvalue weighted by atomic mass is 32.1. The van der Waals surface area contributed by atoms with E-state index in [0.29, 0.717) is 28.6 Å². The smallest absolute Gasteiger partial charge is 0.324 e. The molecule has 0 saturated heterocycles. The van der Waals surface area contributed by atoms with Crippen molar-refractivity contribution in [1.29, 1.82) is 5.26 Å². The molecule has 4 rings (SSSR count). The number of benzene rings is 2. The average Bonchev–Trinajstić information content (AvgIpc) is 3.30. The van der Waals surface area contributed by atoms with E-state index < -0.39 is 11.6 Å². The third-order valence-electron chi connectivity index (χ3n) is 4.87. The van der Waals surface area contributed by atoms with Crippen LogP contribution < -0.4 is 16.6 Å². The molecule has 0 fully saturated rings. The number of carbonyl (C=O) groups is 1. The van der Waals surface area contributed by atoms with Gasteiger partial charge in [0, 0.05) is 17.1 Å². The summed E-state index contributed by atoms with van der Waals surface area (Å²) < 4.78 is 2.50. The highest BCUT2D eigenvalue weighted by Crippen LogP contribution is 2.12. The number of nitrogens with one attached hydrogen (secondary N) is 1. The summed E-state index contributed by atoms with van der Waals surface area (Å²) >= 11 is 1.57. The molecule has 0 radical (unpaired) electrons. The van der Waals surface area contributed by atoms with Crippen molar-refractivity contribution in [1.82, 2.24) is 9.13 Å². The lowest BCUT2D eigenvalue weighted by atomic mass is 10.2. The van der Waals surface area contributed by atoms with E-state index in [1.54, 1.807) is 59.9 Å². The first-order valence-corrected chi connectivity index (χ1v) is 10.5. The van der Waals surface area contributed by atoms with Crippen molar-refractivity contribution in [3.8, 4) is 6.07 Å². The normalized spacial score (nSPS) is 10.7. The molecule has 0 atom stereocenters. The number of aryl methyl sites for hydroxylation is 1. The van der Waals surface area contributed by atoms with Crippen molar-refractivity contribution < 1.29 is 4.79 Å². The SMILES string of the molecule is N#Cc1cccc(NC(=O)Cn2c(=O)n(CCc3cccs3)c(=O)c3ccccc32)c1. The predicted molar refractivity (Wildman–Crippen MR) is 120 cm³/mol. The number of rotatable bonds is 6. The van der Waals surface area contributed by atoms with Gasteiger partial charge in [-0.3, -0.25) is 18.7 Å². The zero-order valence-corrected chi connectivity index (χ0v) is 17.3. The van der Waals surface area contributed by atoms with Crippen molar-refractivity contribution >= 4 is 33.8 Å². The highest BCUT2D eigenvalue weighted by molar-refractivity contribution is 7.09. The van der Waals surface area contributed by atoms with Crippen LogP contribution in [0.15, 0.2) is 75.6 Å². The second-order valence-electron chi connectivity index (χ2n) is 6.91. The fraction of sp³-hybridized carbons (Fsp3) is 0.130. The van der Waals surface area contributed by atoms with E-state index in [1.165, 1.54) is 9.13 Å². The molecule has 0 spiro atoms. The lowest BCUT2D eigenvalue weighted by Crippen LogP contribution is -2.42. The lowest BCUT2D eigenvalue weighted by molar-refractivity contribution is -0.116. The van der Waals surface area contributed by atoms with Crippen LogP contribution in [0, 0.1) is 11.3 Å². The van der Waals surface area contributed by atoms with Gasteiger partial charge in [-0.2, -0.15) is 5.26 Å². The number of nitriles is 1. The van der Waals surface area contributed by atoms with Gasteiger partial charge in [-0.25, -0.2) is 4.79 Å². The third-order valence-corrected chi connectivity index (χ3v) is 5.81. The molecule has 154 valence electrons. The minimum atomic E-state index is -0.527. The third kappa shape index (κ3) is 4.32. The molecule has 0 aliphatic carbocycles. The van der Waals surface area contributed by atoms with Crippen LogP contribution in [0.3, 0.4) is 0 Å². The summed E-state index contributed by atoms with van der Waals surface area (Å²) in [5.41, 5.74) is 0.400. The summed E-state index contributed by atoms with van der Waals surface area (Å²) in [5, 5.41) is 14.1. The molecule has 0 bridgehead atoms. The molecule has 1 N–H and O–H groups in total. The van der Waals surface area contributed by atoms with Gasteiger partial charge in [0.25, 0.3) is 5.56 Å². The number of hydrogen-bond acceptors (Lipinski definition) is 5. The maximum Gasteiger partial charge on any atom is 0.331 e. The molecule has 4 aromatic rings. The van der Waals surface area contributed by atoms with Crippen LogP contribution >= 0.6 is 11.3 Å². The van der Waals surface area contributed by atoms with E-state index in [1.807, 2.05) is 23.6 Å². The first-order valence-electron chi connectivity index (χ1n) is 9.61. The fourth-order valence-electron chi connectivity index (χ4n) is 3.41. The van der Waals surface area contributed by atoms with E-state index in [9.17, 15) is 14.4 Å². The first kappa shape index (κ1) is 20.3.